The van der Waals surface area contributed by atoms with Gasteiger partial charge in [0.25, 0.3) is 0 Å². The Bertz CT molecular complexity index is 660. The molecule has 0 saturated carbocycles. The molecule has 3 rings (SSSR count). The number of aryl methyl sites for hydroxylation is 1. The predicted molar refractivity (Wildman–Crippen MR) is 117 cm³/mol. The van der Waals surface area contributed by atoms with Crippen molar-refractivity contribution in [2.45, 2.75) is 51.6 Å². The van der Waals surface area contributed by atoms with Crippen molar-refractivity contribution < 1.29 is 14.3 Å². The van der Waals surface area contributed by atoms with Crippen molar-refractivity contribution in [2.24, 2.45) is 11.7 Å². The second kappa shape index (κ2) is 11.5. The van der Waals surface area contributed by atoms with Crippen LogP contribution in [0.3, 0.4) is 0 Å². The average Bonchev–Trinajstić information content (AvgIpc) is 3.11. The van der Waals surface area contributed by atoms with Crippen LogP contribution in [0.5, 0.6) is 0 Å². The molecule has 1 unspecified atom stereocenters. The number of nitrogens with two attached hydrogens (primary N) is 1. The van der Waals surface area contributed by atoms with Crippen LogP contribution in [0.1, 0.15) is 44.6 Å². The molecule has 2 amide bonds. The van der Waals surface area contributed by atoms with Crippen LogP contribution in [0, 0.1) is 5.92 Å². The zero-order chi connectivity index (χ0) is 19.9. The molecular formula is C22H34ClN3O3. The number of nitrogens with zero attached hydrogens (tertiary/aromatic N) is 2. The maximum atomic E-state index is 12.9. The van der Waals surface area contributed by atoms with Gasteiger partial charge >= 0.3 is 0 Å². The van der Waals surface area contributed by atoms with Gasteiger partial charge in [-0.1, -0.05) is 25.5 Å². The number of ether oxygens (including phenoxy) is 1. The first-order valence-corrected chi connectivity index (χ1v) is 10.6. The maximum absolute atomic E-state index is 12.9. The van der Waals surface area contributed by atoms with E-state index in [-0.39, 0.29) is 36.2 Å². The fourth-order valence-corrected chi connectivity index (χ4v) is 4.09. The molecule has 2 N–H and O–H groups in total. The molecule has 6 nitrogen and oxygen atoms in total. The summed E-state index contributed by atoms with van der Waals surface area (Å²) in [5, 5.41) is 0. The fourth-order valence-electron chi connectivity index (χ4n) is 4.09. The van der Waals surface area contributed by atoms with E-state index in [1.54, 1.807) is 4.90 Å². The first-order valence-electron chi connectivity index (χ1n) is 10.6. The average molecular weight is 424 g/mol. The summed E-state index contributed by atoms with van der Waals surface area (Å²) in [6.07, 6.45) is 5.27. The van der Waals surface area contributed by atoms with E-state index >= 15 is 0 Å². The number of hydrogen-bond donors (Lipinski definition) is 1. The van der Waals surface area contributed by atoms with Crippen LogP contribution in [0.15, 0.2) is 24.3 Å². The van der Waals surface area contributed by atoms with Gasteiger partial charge in [0.1, 0.15) is 0 Å². The van der Waals surface area contributed by atoms with Gasteiger partial charge in [-0.3, -0.25) is 9.59 Å². The van der Waals surface area contributed by atoms with Crippen molar-refractivity contribution in [3.8, 4) is 0 Å². The smallest absolute Gasteiger partial charge is 0.228 e. The number of benzene rings is 1. The normalized spacial score (nSPS) is 20.1. The van der Waals surface area contributed by atoms with Crippen molar-refractivity contribution in [2.75, 3.05) is 37.7 Å². The van der Waals surface area contributed by atoms with Gasteiger partial charge in [0.05, 0.1) is 12.0 Å². The SMILES string of the molecule is CCCc1ccc(N2CC(C(=O)N3CCC(OCCCN)CC3)CC2=O)cc1.Cl. The zero-order valence-electron chi connectivity index (χ0n) is 17.3. The van der Waals surface area contributed by atoms with E-state index in [0.717, 1.165) is 37.8 Å². The quantitative estimate of drug-likeness (QED) is 0.652. The highest BCUT2D eigenvalue weighted by molar-refractivity contribution is 6.00. The van der Waals surface area contributed by atoms with E-state index in [9.17, 15) is 9.59 Å². The molecule has 0 aromatic heterocycles. The standard InChI is InChI=1S/C22H33N3O3.ClH/c1-2-4-17-5-7-19(8-6-17)25-16-18(15-21(25)26)22(27)24-12-9-20(10-13-24)28-14-3-11-23;/h5-8,18,20H,2-4,9-16,23H2,1H3;1H. The third-order valence-corrected chi connectivity index (χ3v) is 5.72. The van der Waals surface area contributed by atoms with E-state index in [1.807, 2.05) is 17.0 Å². The van der Waals surface area contributed by atoms with Gasteiger partial charge in [-0.25, -0.2) is 0 Å². The monoisotopic (exact) mass is 423 g/mol. The fraction of sp³-hybridized carbons (Fsp3) is 0.636. The number of carbonyl (C=O) groups excluding carboxylic acids is 2. The summed E-state index contributed by atoms with van der Waals surface area (Å²) in [4.78, 5) is 29.1. The van der Waals surface area contributed by atoms with Gasteiger partial charge < -0.3 is 20.3 Å². The molecule has 2 heterocycles. The molecular weight excluding hydrogens is 390 g/mol. The minimum absolute atomic E-state index is 0. The second-order valence-electron chi connectivity index (χ2n) is 7.86. The van der Waals surface area contributed by atoms with Crippen LogP contribution >= 0.6 is 12.4 Å². The Morgan fingerprint density at radius 1 is 1.21 bits per heavy atom. The highest BCUT2D eigenvalue weighted by Crippen LogP contribution is 2.28. The lowest BCUT2D eigenvalue weighted by molar-refractivity contribution is -0.138. The third-order valence-electron chi connectivity index (χ3n) is 5.72. The molecule has 162 valence electrons. The summed E-state index contributed by atoms with van der Waals surface area (Å²) in [5.41, 5.74) is 7.67. The summed E-state index contributed by atoms with van der Waals surface area (Å²) in [6.45, 7) is 5.40. The number of hydrogen-bond acceptors (Lipinski definition) is 4. The number of amides is 2. The summed E-state index contributed by atoms with van der Waals surface area (Å²) in [7, 11) is 0. The van der Waals surface area contributed by atoms with Crippen LogP contribution in [0.4, 0.5) is 5.69 Å². The van der Waals surface area contributed by atoms with Crippen LogP contribution in [0.25, 0.3) is 0 Å². The second-order valence-corrected chi connectivity index (χ2v) is 7.86. The lowest BCUT2D eigenvalue weighted by atomic mass is 10.0. The number of halogens is 1. The van der Waals surface area contributed by atoms with Crippen molar-refractivity contribution in [1.82, 2.24) is 4.90 Å². The Morgan fingerprint density at radius 2 is 1.90 bits per heavy atom. The van der Waals surface area contributed by atoms with Gasteiger partial charge in [0.2, 0.25) is 11.8 Å². The molecule has 29 heavy (non-hydrogen) atoms. The number of anilines is 1. The summed E-state index contributed by atoms with van der Waals surface area (Å²) in [6, 6.07) is 8.16. The Morgan fingerprint density at radius 3 is 2.52 bits per heavy atom. The van der Waals surface area contributed by atoms with Crippen molar-refractivity contribution >= 4 is 29.9 Å². The van der Waals surface area contributed by atoms with Gasteiger partial charge in [0, 0.05) is 38.3 Å². The highest BCUT2D eigenvalue weighted by Gasteiger charge is 2.38. The van der Waals surface area contributed by atoms with E-state index in [1.165, 1.54) is 5.56 Å². The molecule has 2 aliphatic heterocycles. The van der Waals surface area contributed by atoms with Gasteiger partial charge in [-0.2, -0.15) is 0 Å². The van der Waals surface area contributed by atoms with Crippen LogP contribution in [0.2, 0.25) is 0 Å². The van der Waals surface area contributed by atoms with Crippen LogP contribution in [-0.2, 0) is 20.7 Å². The van der Waals surface area contributed by atoms with Gasteiger partial charge in [-0.15, -0.1) is 12.4 Å². The molecule has 2 aliphatic rings. The van der Waals surface area contributed by atoms with E-state index in [4.69, 9.17) is 10.5 Å². The lowest BCUT2D eigenvalue weighted by Gasteiger charge is -2.33. The van der Waals surface area contributed by atoms with Gasteiger partial charge in [-0.05, 0) is 49.9 Å². The van der Waals surface area contributed by atoms with Gasteiger partial charge in [0.15, 0.2) is 0 Å². The minimum Gasteiger partial charge on any atom is -0.378 e. The topological polar surface area (TPSA) is 75.9 Å². The maximum Gasteiger partial charge on any atom is 0.228 e. The first kappa shape index (κ1) is 23.6. The summed E-state index contributed by atoms with van der Waals surface area (Å²) < 4.78 is 5.82. The number of likely N-dealkylation sites (tertiary alicyclic amines) is 1. The van der Waals surface area contributed by atoms with Crippen LogP contribution < -0.4 is 10.6 Å². The van der Waals surface area contributed by atoms with Crippen molar-refractivity contribution in [3.63, 3.8) is 0 Å². The molecule has 1 aromatic rings. The Labute approximate surface area is 180 Å². The zero-order valence-corrected chi connectivity index (χ0v) is 18.2. The summed E-state index contributed by atoms with van der Waals surface area (Å²) >= 11 is 0. The number of rotatable bonds is 8. The van der Waals surface area contributed by atoms with Crippen molar-refractivity contribution in [1.29, 1.82) is 0 Å². The summed E-state index contributed by atoms with van der Waals surface area (Å²) in [5.74, 6) is -0.0852. The van der Waals surface area contributed by atoms with Crippen molar-refractivity contribution in [3.05, 3.63) is 29.8 Å². The number of carbonyl (C=O) groups is 2. The minimum atomic E-state index is -0.238. The molecule has 0 radical (unpaired) electrons. The molecule has 0 aliphatic carbocycles. The van der Waals surface area contributed by atoms with E-state index in [2.05, 4.69) is 19.1 Å². The molecule has 7 heteroatoms. The largest absolute Gasteiger partial charge is 0.378 e. The molecule has 0 spiro atoms. The first-order chi connectivity index (χ1) is 13.6. The van der Waals surface area contributed by atoms with Crippen LogP contribution in [-0.4, -0.2) is 55.6 Å². The Hall–Kier alpha value is -1.63. The number of piperidine rings is 1. The van der Waals surface area contributed by atoms with E-state index in [0.29, 0.717) is 39.2 Å². The Balaban J connectivity index is 0.00000300. The molecule has 1 atom stereocenters. The Kier molecular flexibility index (Phi) is 9.40. The molecule has 2 saturated heterocycles. The molecule has 1 aromatic carbocycles. The van der Waals surface area contributed by atoms with E-state index < -0.39 is 0 Å². The predicted octanol–water partition coefficient (Wildman–Crippen LogP) is 2.77. The molecule has 0 bridgehead atoms. The third kappa shape index (κ3) is 6.17. The highest BCUT2D eigenvalue weighted by atomic mass is 35.5. The lowest BCUT2D eigenvalue weighted by Crippen LogP contribution is -2.44. The molecule has 2 fully saturated rings.